The molecule has 4 rings (SSSR count). The van der Waals surface area contributed by atoms with E-state index in [-0.39, 0.29) is 29.0 Å². The van der Waals surface area contributed by atoms with Crippen LogP contribution in [0.3, 0.4) is 0 Å². The van der Waals surface area contributed by atoms with Gasteiger partial charge in [-0.15, -0.1) is 0 Å². The third kappa shape index (κ3) is 6.55. The van der Waals surface area contributed by atoms with Gasteiger partial charge in [-0.3, -0.25) is 4.79 Å². The second-order valence-electron chi connectivity index (χ2n) is 9.91. The zero-order valence-corrected chi connectivity index (χ0v) is 20.5. The summed E-state index contributed by atoms with van der Waals surface area (Å²) in [7, 11) is -4.09. The monoisotopic (exact) mass is 517 g/mol. The maximum atomic E-state index is 13.4. The lowest BCUT2D eigenvalue weighted by Crippen LogP contribution is -2.50. The molecule has 1 heterocycles. The molecule has 1 aliphatic heterocycles. The molecule has 1 amide bonds. The van der Waals surface area contributed by atoms with Crippen molar-refractivity contribution in [3.63, 3.8) is 0 Å². The minimum Gasteiger partial charge on any atom is -0.393 e. The van der Waals surface area contributed by atoms with E-state index in [4.69, 9.17) is 0 Å². The van der Waals surface area contributed by atoms with E-state index < -0.39 is 21.8 Å². The van der Waals surface area contributed by atoms with E-state index >= 15 is 0 Å². The van der Waals surface area contributed by atoms with Crippen molar-refractivity contribution < 1.29 is 31.5 Å². The number of benzene rings is 1. The summed E-state index contributed by atoms with van der Waals surface area (Å²) in [6.07, 6.45) is 1.21. The smallest absolute Gasteiger partial charge is 0.393 e. The van der Waals surface area contributed by atoms with Crippen LogP contribution in [0.5, 0.6) is 0 Å². The van der Waals surface area contributed by atoms with Gasteiger partial charge in [0.25, 0.3) is 0 Å². The highest BCUT2D eigenvalue weighted by molar-refractivity contribution is 7.89. The number of aliphatic hydroxyl groups is 1. The van der Waals surface area contributed by atoms with Crippen molar-refractivity contribution in [1.82, 2.24) is 14.5 Å². The molecule has 7 nitrogen and oxygen atoms in total. The van der Waals surface area contributed by atoms with Gasteiger partial charge in [0.05, 0.1) is 16.6 Å². The number of hydrogen-bond donors (Lipinski definition) is 2. The fourth-order valence-electron chi connectivity index (χ4n) is 5.17. The highest BCUT2D eigenvalue weighted by Gasteiger charge is 2.44. The summed E-state index contributed by atoms with van der Waals surface area (Å²) in [4.78, 5) is 14.1. The number of amides is 1. The van der Waals surface area contributed by atoms with Crippen molar-refractivity contribution in [3.8, 4) is 0 Å². The second kappa shape index (κ2) is 10.7. The van der Waals surface area contributed by atoms with Gasteiger partial charge in [0.15, 0.2) is 0 Å². The third-order valence-electron chi connectivity index (χ3n) is 7.29. The second-order valence-corrected chi connectivity index (χ2v) is 11.8. The van der Waals surface area contributed by atoms with Gasteiger partial charge in [-0.2, -0.15) is 17.5 Å². The normalized spacial score (nSPS) is 24.7. The molecule has 1 saturated heterocycles. The van der Waals surface area contributed by atoms with E-state index in [0.717, 1.165) is 37.8 Å². The number of nitrogens with one attached hydrogen (secondary N) is 1. The van der Waals surface area contributed by atoms with Crippen LogP contribution in [-0.2, 0) is 21.0 Å². The van der Waals surface area contributed by atoms with Gasteiger partial charge in [-0.1, -0.05) is 6.07 Å². The summed E-state index contributed by atoms with van der Waals surface area (Å²) >= 11 is 0. The number of nitrogens with zero attached hydrogens (tertiary/aromatic N) is 2. The molecule has 1 aromatic rings. The number of likely N-dealkylation sites (tertiary alicyclic amines) is 1. The minimum absolute atomic E-state index is 0.0190. The molecule has 196 valence electrons. The molecule has 0 bridgehead atoms. The first-order valence-corrected chi connectivity index (χ1v) is 13.9. The Bertz CT molecular complexity index is 984. The Balaban J connectivity index is 1.33. The predicted octanol–water partition coefficient (Wildman–Crippen LogP) is 3.13. The molecular formula is C24H34F3N3O4S. The largest absolute Gasteiger partial charge is 0.416 e. The predicted molar refractivity (Wildman–Crippen MR) is 124 cm³/mol. The molecule has 0 aromatic heterocycles. The number of halogens is 3. The Morgan fingerprint density at radius 1 is 1.03 bits per heavy atom. The van der Waals surface area contributed by atoms with Crippen LogP contribution < -0.4 is 5.32 Å². The van der Waals surface area contributed by atoms with E-state index in [2.05, 4.69) is 5.32 Å². The Morgan fingerprint density at radius 2 is 1.66 bits per heavy atom. The molecule has 0 atom stereocenters. The van der Waals surface area contributed by atoms with E-state index in [1.54, 1.807) is 4.90 Å². The van der Waals surface area contributed by atoms with Gasteiger partial charge in [-0.25, -0.2) is 8.42 Å². The van der Waals surface area contributed by atoms with Gasteiger partial charge in [0, 0.05) is 44.2 Å². The number of hydrogen-bond acceptors (Lipinski definition) is 5. The summed E-state index contributed by atoms with van der Waals surface area (Å²) < 4.78 is 67.6. The van der Waals surface area contributed by atoms with Crippen LogP contribution in [0, 0.1) is 0 Å². The fraction of sp³-hybridized carbons (Fsp3) is 0.708. The Morgan fingerprint density at radius 3 is 2.26 bits per heavy atom. The van der Waals surface area contributed by atoms with Gasteiger partial charge in [0.1, 0.15) is 0 Å². The van der Waals surface area contributed by atoms with Crippen LogP contribution in [0.25, 0.3) is 0 Å². The Hall–Kier alpha value is -1.69. The summed E-state index contributed by atoms with van der Waals surface area (Å²) in [6, 6.07) is 3.73. The number of alkyl halides is 3. The molecule has 0 radical (unpaired) electrons. The third-order valence-corrected chi connectivity index (χ3v) is 9.29. The minimum atomic E-state index is -4.62. The number of piperidine rings is 1. The van der Waals surface area contributed by atoms with E-state index in [1.165, 1.54) is 10.4 Å². The first kappa shape index (κ1) is 26.4. The molecule has 11 heteroatoms. The topological polar surface area (TPSA) is 89.9 Å². The quantitative estimate of drug-likeness (QED) is 0.553. The van der Waals surface area contributed by atoms with Gasteiger partial charge >= 0.3 is 6.18 Å². The zero-order chi connectivity index (χ0) is 25.2. The fourth-order valence-corrected chi connectivity index (χ4v) is 7.14. The number of carbonyl (C=O) groups is 1. The van der Waals surface area contributed by atoms with E-state index in [1.807, 2.05) is 0 Å². The Kier molecular flexibility index (Phi) is 8.09. The number of rotatable bonds is 8. The molecule has 3 aliphatic rings. The van der Waals surface area contributed by atoms with Gasteiger partial charge < -0.3 is 15.3 Å². The van der Waals surface area contributed by atoms with Crippen LogP contribution in [0.15, 0.2) is 29.2 Å². The van der Waals surface area contributed by atoms with Crippen LogP contribution in [0.2, 0.25) is 0 Å². The zero-order valence-electron chi connectivity index (χ0n) is 19.7. The van der Waals surface area contributed by atoms with Crippen molar-refractivity contribution in [1.29, 1.82) is 0 Å². The molecule has 3 fully saturated rings. The molecule has 0 spiro atoms. The van der Waals surface area contributed by atoms with Crippen molar-refractivity contribution >= 4 is 15.9 Å². The molecule has 35 heavy (non-hydrogen) atoms. The first-order valence-electron chi connectivity index (χ1n) is 12.5. The first-order chi connectivity index (χ1) is 16.6. The molecule has 2 N–H and O–H groups in total. The lowest BCUT2D eigenvalue weighted by atomic mass is 9.93. The lowest BCUT2D eigenvalue weighted by Gasteiger charge is -2.38. The molecule has 0 unspecified atom stereocenters. The summed E-state index contributed by atoms with van der Waals surface area (Å²) in [5.74, 6) is 0.0190. The summed E-state index contributed by atoms with van der Waals surface area (Å²) in [5.41, 5.74) is -0.979. The standard InChI is InChI=1S/C24H34F3N3O4S/c25-24(26,27)17-2-1-3-22(16-17)35(33,34)30(19-6-7-19)20-11-14-29(15-12-20)23(32)10-13-28-18-4-8-21(31)9-5-18/h1-3,16,18-21,28,31H,4-15H2. The summed E-state index contributed by atoms with van der Waals surface area (Å²) in [5, 5.41) is 13.0. The van der Waals surface area contributed by atoms with Crippen LogP contribution in [-0.4, -0.2) is 72.5 Å². The highest BCUT2D eigenvalue weighted by Crippen LogP contribution is 2.38. The van der Waals surface area contributed by atoms with Gasteiger partial charge in [0.2, 0.25) is 15.9 Å². The average molecular weight is 518 g/mol. The van der Waals surface area contributed by atoms with Crippen molar-refractivity contribution in [2.45, 2.75) is 93.1 Å². The van der Waals surface area contributed by atoms with E-state index in [0.29, 0.717) is 63.8 Å². The summed E-state index contributed by atoms with van der Waals surface area (Å²) in [6.45, 7) is 1.43. The van der Waals surface area contributed by atoms with Crippen LogP contribution in [0.1, 0.15) is 63.4 Å². The molecule has 2 aliphatic carbocycles. The maximum Gasteiger partial charge on any atom is 0.416 e. The van der Waals surface area contributed by atoms with Gasteiger partial charge in [-0.05, 0) is 69.6 Å². The lowest BCUT2D eigenvalue weighted by molar-refractivity contribution is -0.137. The maximum absolute atomic E-state index is 13.4. The number of sulfonamides is 1. The van der Waals surface area contributed by atoms with E-state index in [9.17, 15) is 31.5 Å². The van der Waals surface area contributed by atoms with Crippen LogP contribution >= 0.6 is 0 Å². The molecule has 1 aromatic carbocycles. The van der Waals surface area contributed by atoms with Crippen molar-refractivity contribution in [2.24, 2.45) is 0 Å². The molecule has 2 saturated carbocycles. The number of aliphatic hydroxyl groups excluding tert-OH is 1. The average Bonchev–Trinajstić information content (AvgIpc) is 3.65. The highest BCUT2D eigenvalue weighted by atomic mass is 32.2. The number of carbonyl (C=O) groups excluding carboxylic acids is 1. The van der Waals surface area contributed by atoms with Crippen molar-refractivity contribution in [2.75, 3.05) is 19.6 Å². The SMILES string of the molecule is O=C(CCNC1CCC(O)CC1)N1CCC(N(C2CC2)S(=O)(=O)c2cccc(C(F)(F)F)c2)CC1. The van der Waals surface area contributed by atoms with Crippen LogP contribution in [0.4, 0.5) is 13.2 Å². The van der Waals surface area contributed by atoms with Crippen molar-refractivity contribution in [3.05, 3.63) is 29.8 Å². The Labute approximate surface area is 204 Å². The molecular weight excluding hydrogens is 483 g/mol.